The molecule has 1 aromatic rings. The molecule has 2 saturated heterocycles. The number of aliphatic hydroxyl groups is 1. The maximum atomic E-state index is 12.2. The van der Waals surface area contributed by atoms with Gasteiger partial charge in [-0.05, 0) is 19.4 Å². The van der Waals surface area contributed by atoms with Crippen LogP contribution < -0.4 is 0 Å². The highest BCUT2D eigenvalue weighted by molar-refractivity contribution is 5.68. The maximum Gasteiger partial charge on any atom is 0.412 e. The fourth-order valence-electron chi connectivity index (χ4n) is 2.87. The van der Waals surface area contributed by atoms with Crippen LogP contribution in [-0.2, 0) is 20.8 Å². The van der Waals surface area contributed by atoms with Crippen molar-refractivity contribution in [2.24, 2.45) is 0 Å². The first-order chi connectivity index (χ1) is 10.5. The Labute approximate surface area is 129 Å². The summed E-state index contributed by atoms with van der Waals surface area (Å²) >= 11 is 0. The molecule has 120 valence electrons. The molecule has 2 heterocycles. The first-order valence-corrected chi connectivity index (χ1v) is 7.50. The van der Waals surface area contributed by atoms with E-state index in [4.69, 9.17) is 14.2 Å². The zero-order chi connectivity index (χ0) is 15.7. The lowest BCUT2D eigenvalue weighted by Gasteiger charge is -2.22. The van der Waals surface area contributed by atoms with Crippen LogP contribution in [0.4, 0.5) is 4.79 Å². The Morgan fingerprint density at radius 1 is 1.32 bits per heavy atom. The van der Waals surface area contributed by atoms with Crippen LogP contribution in [-0.4, -0.2) is 46.9 Å². The second kappa shape index (κ2) is 5.87. The van der Waals surface area contributed by atoms with Gasteiger partial charge in [0.05, 0.1) is 18.8 Å². The van der Waals surface area contributed by atoms with Crippen LogP contribution in [0.2, 0.25) is 0 Å². The third-order valence-corrected chi connectivity index (χ3v) is 4.17. The summed E-state index contributed by atoms with van der Waals surface area (Å²) in [6.45, 7) is 4.19. The molecule has 2 fully saturated rings. The number of hydrogen-bond donors (Lipinski definition) is 1. The Morgan fingerprint density at radius 3 is 2.59 bits per heavy atom. The van der Waals surface area contributed by atoms with Gasteiger partial charge in [0.2, 0.25) is 0 Å². The van der Waals surface area contributed by atoms with Crippen molar-refractivity contribution in [3.05, 3.63) is 35.9 Å². The highest BCUT2D eigenvalue weighted by Gasteiger charge is 2.54. The third kappa shape index (κ3) is 2.95. The molecule has 0 radical (unpaired) electrons. The molecule has 1 N–H and O–H groups in total. The number of nitrogens with zero attached hydrogens (tertiary/aromatic N) is 1. The second-order valence-corrected chi connectivity index (χ2v) is 5.91. The van der Waals surface area contributed by atoms with Crippen LogP contribution >= 0.6 is 0 Å². The molecule has 0 saturated carbocycles. The number of ether oxygens (including phenoxy) is 3. The van der Waals surface area contributed by atoms with Crippen molar-refractivity contribution < 1.29 is 24.1 Å². The molecular formula is C16H21NO5. The number of benzene rings is 1. The van der Waals surface area contributed by atoms with E-state index in [2.05, 4.69) is 0 Å². The van der Waals surface area contributed by atoms with Crippen LogP contribution in [0.1, 0.15) is 25.8 Å². The Balaban J connectivity index is 1.59. The number of carbonyl (C=O) groups is 1. The number of hydrogen-bond acceptors (Lipinski definition) is 5. The van der Waals surface area contributed by atoms with Gasteiger partial charge in [0.1, 0.15) is 12.8 Å². The number of rotatable bonds is 2. The highest BCUT2D eigenvalue weighted by atomic mass is 16.8. The van der Waals surface area contributed by atoms with Gasteiger partial charge in [0, 0.05) is 6.42 Å². The van der Waals surface area contributed by atoms with Gasteiger partial charge < -0.3 is 19.3 Å². The minimum Gasteiger partial charge on any atom is -0.444 e. The third-order valence-electron chi connectivity index (χ3n) is 4.17. The summed E-state index contributed by atoms with van der Waals surface area (Å²) in [5.41, 5.74) is 0.898. The van der Waals surface area contributed by atoms with Crippen molar-refractivity contribution in [3.8, 4) is 0 Å². The second-order valence-electron chi connectivity index (χ2n) is 5.91. The summed E-state index contributed by atoms with van der Waals surface area (Å²) in [6, 6.07) is 9.41. The molecule has 0 bridgehead atoms. The smallest absolute Gasteiger partial charge is 0.412 e. The largest absolute Gasteiger partial charge is 0.444 e. The van der Waals surface area contributed by atoms with Gasteiger partial charge >= 0.3 is 6.09 Å². The van der Waals surface area contributed by atoms with Crippen molar-refractivity contribution >= 4 is 6.09 Å². The molecule has 0 aliphatic carbocycles. The zero-order valence-corrected chi connectivity index (χ0v) is 12.8. The summed E-state index contributed by atoms with van der Waals surface area (Å²) in [5, 5.41) is 10.1. The standard InChI is InChI=1S/C16H21NO5/c1-11-12(2)22-16(21-11)8-14(18)17(10-16)15(19)20-9-13-6-4-3-5-7-13/h3-7,11-12,14,18H,8-10H2,1-2H3/t11-,12-,14-/m1/s1. The molecule has 1 spiro atoms. The number of aliphatic hydroxyl groups excluding tert-OH is 1. The lowest BCUT2D eigenvalue weighted by atomic mass is 10.2. The number of carbonyl (C=O) groups excluding carboxylic acids is 1. The van der Waals surface area contributed by atoms with Gasteiger partial charge in [-0.2, -0.15) is 0 Å². The van der Waals surface area contributed by atoms with E-state index in [1.54, 1.807) is 0 Å². The molecule has 0 unspecified atom stereocenters. The molecule has 3 atom stereocenters. The van der Waals surface area contributed by atoms with Crippen molar-refractivity contribution in [2.75, 3.05) is 6.54 Å². The van der Waals surface area contributed by atoms with Crippen molar-refractivity contribution in [1.82, 2.24) is 4.90 Å². The van der Waals surface area contributed by atoms with Crippen molar-refractivity contribution in [3.63, 3.8) is 0 Å². The minimum absolute atomic E-state index is 0.0625. The summed E-state index contributed by atoms with van der Waals surface area (Å²) in [7, 11) is 0. The molecule has 6 nitrogen and oxygen atoms in total. The van der Waals surface area contributed by atoms with Crippen LogP contribution in [0, 0.1) is 0 Å². The molecule has 2 aliphatic rings. The molecule has 22 heavy (non-hydrogen) atoms. The topological polar surface area (TPSA) is 68.2 Å². The molecule has 0 aromatic heterocycles. The quantitative estimate of drug-likeness (QED) is 0.903. The Morgan fingerprint density at radius 2 is 1.95 bits per heavy atom. The highest BCUT2D eigenvalue weighted by Crippen LogP contribution is 2.38. The normalized spacial score (nSPS) is 30.0. The zero-order valence-electron chi connectivity index (χ0n) is 12.8. The van der Waals surface area contributed by atoms with E-state index in [-0.39, 0.29) is 31.8 Å². The Hall–Kier alpha value is -1.63. The lowest BCUT2D eigenvalue weighted by molar-refractivity contribution is -0.163. The average Bonchev–Trinajstić information content (AvgIpc) is 2.96. The van der Waals surface area contributed by atoms with Gasteiger partial charge in [-0.25, -0.2) is 4.79 Å². The molecule has 1 aromatic carbocycles. The fraction of sp³-hybridized carbons (Fsp3) is 0.562. The van der Waals surface area contributed by atoms with E-state index in [1.165, 1.54) is 4.90 Å². The van der Waals surface area contributed by atoms with E-state index in [0.29, 0.717) is 0 Å². The van der Waals surface area contributed by atoms with E-state index < -0.39 is 18.1 Å². The van der Waals surface area contributed by atoms with E-state index in [1.807, 2.05) is 44.2 Å². The van der Waals surface area contributed by atoms with Crippen molar-refractivity contribution in [2.45, 2.75) is 51.1 Å². The first kappa shape index (κ1) is 15.3. The van der Waals surface area contributed by atoms with Gasteiger partial charge in [-0.15, -0.1) is 0 Å². The Kier molecular flexibility index (Phi) is 4.08. The molecule has 6 heteroatoms. The molecule has 1 amide bonds. The SMILES string of the molecule is C[C@H]1OC2(C[C@@H](O)N(C(=O)OCc3ccccc3)C2)O[C@@H]1C. The van der Waals surface area contributed by atoms with Crippen LogP contribution in [0.15, 0.2) is 30.3 Å². The van der Waals surface area contributed by atoms with Crippen LogP contribution in [0.5, 0.6) is 0 Å². The van der Waals surface area contributed by atoms with E-state index in [9.17, 15) is 9.90 Å². The average molecular weight is 307 g/mol. The van der Waals surface area contributed by atoms with Crippen LogP contribution in [0.3, 0.4) is 0 Å². The fourth-order valence-corrected chi connectivity index (χ4v) is 2.87. The number of likely N-dealkylation sites (tertiary alicyclic amines) is 1. The predicted octanol–water partition coefficient (Wildman–Crippen LogP) is 1.87. The van der Waals surface area contributed by atoms with E-state index in [0.717, 1.165) is 5.56 Å². The van der Waals surface area contributed by atoms with Crippen molar-refractivity contribution in [1.29, 1.82) is 0 Å². The lowest BCUT2D eigenvalue weighted by Crippen LogP contribution is -2.39. The summed E-state index contributed by atoms with van der Waals surface area (Å²) in [5.74, 6) is -0.913. The van der Waals surface area contributed by atoms with Crippen LogP contribution in [0.25, 0.3) is 0 Å². The summed E-state index contributed by atoms with van der Waals surface area (Å²) in [4.78, 5) is 13.4. The van der Waals surface area contributed by atoms with Gasteiger partial charge in [-0.1, -0.05) is 30.3 Å². The van der Waals surface area contributed by atoms with Gasteiger partial charge in [0.15, 0.2) is 5.79 Å². The minimum atomic E-state index is -0.958. The summed E-state index contributed by atoms with van der Waals surface area (Å²) in [6.07, 6.45) is -1.41. The number of amides is 1. The monoisotopic (exact) mass is 307 g/mol. The molecular weight excluding hydrogens is 286 g/mol. The maximum absolute atomic E-state index is 12.2. The summed E-state index contributed by atoms with van der Waals surface area (Å²) < 4.78 is 16.9. The predicted molar refractivity (Wildman–Crippen MR) is 77.8 cm³/mol. The van der Waals surface area contributed by atoms with Gasteiger partial charge in [-0.3, -0.25) is 4.90 Å². The molecule has 2 aliphatic heterocycles. The molecule has 3 rings (SSSR count). The first-order valence-electron chi connectivity index (χ1n) is 7.50. The van der Waals surface area contributed by atoms with Gasteiger partial charge in [0.25, 0.3) is 0 Å². The van der Waals surface area contributed by atoms with E-state index >= 15 is 0 Å². The Bertz CT molecular complexity index is 525.